The Morgan fingerprint density at radius 2 is 2.00 bits per heavy atom. The van der Waals surface area contributed by atoms with Crippen LogP contribution in [0.4, 0.5) is 8.78 Å². The highest BCUT2D eigenvalue weighted by Crippen LogP contribution is 2.19. The van der Waals surface area contributed by atoms with Gasteiger partial charge in [0.15, 0.2) is 11.6 Å². The van der Waals surface area contributed by atoms with Crippen LogP contribution in [0.25, 0.3) is 0 Å². The number of carbonyl (C=O) groups is 1. The Labute approximate surface area is 115 Å². The summed E-state index contributed by atoms with van der Waals surface area (Å²) < 4.78 is 54.0. The smallest absolute Gasteiger partial charge is 0.256 e. The first-order valence-electron chi connectivity index (χ1n) is 5.44. The number of methoxy groups -OCH3 is 1. The van der Waals surface area contributed by atoms with Gasteiger partial charge in [0.25, 0.3) is 5.91 Å². The number of likely N-dealkylation sites (N-methyl/N-ethyl adjacent to an activating group) is 1. The summed E-state index contributed by atoms with van der Waals surface area (Å²) in [7, 11) is -1.48. The maximum atomic E-state index is 13.6. The summed E-state index contributed by atoms with van der Waals surface area (Å²) in [6.45, 7) is 0.331. The van der Waals surface area contributed by atoms with Crippen molar-refractivity contribution in [3.05, 3.63) is 29.3 Å². The molecule has 1 amide bonds. The second-order valence-corrected chi connectivity index (χ2v) is 5.59. The minimum absolute atomic E-state index is 0.135. The molecule has 0 aromatic heterocycles. The second-order valence-electron chi connectivity index (χ2n) is 4.03. The third kappa shape index (κ3) is 3.71. The Hall–Kier alpha value is -1.58. The summed E-state index contributed by atoms with van der Waals surface area (Å²) >= 11 is 0. The number of nitrogens with two attached hydrogens (primary N) is 1. The molecule has 9 heteroatoms. The molecule has 112 valence electrons. The van der Waals surface area contributed by atoms with Crippen LogP contribution in [-0.4, -0.2) is 46.5 Å². The van der Waals surface area contributed by atoms with Crippen molar-refractivity contribution in [2.75, 3.05) is 27.3 Å². The van der Waals surface area contributed by atoms with Gasteiger partial charge in [-0.25, -0.2) is 22.3 Å². The molecule has 1 aromatic rings. The number of rotatable bonds is 5. The van der Waals surface area contributed by atoms with Crippen molar-refractivity contribution in [3.8, 4) is 0 Å². The Balaban J connectivity index is 3.24. The summed E-state index contributed by atoms with van der Waals surface area (Å²) in [6, 6.07) is 1.13. The van der Waals surface area contributed by atoms with Crippen LogP contribution in [0.15, 0.2) is 17.0 Å². The van der Waals surface area contributed by atoms with Crippen molar-refractivity contribution in [3.63, 3.8) is 0 Å². The number of carbonyl (C=O) groups excluding carboxylic acids is 1. The van der Waals surface area contributed by atoms with Crippen molar-refractivity contribution in [2.45, 2.75) is 4.90 Å². The standard InChI is InChI=1S/C11H14F2N2O4S/c1-15(3-4-19-2)11(16)8-5-7(20(14,17)18)6-9(12)10(8)13/h5-6H,3-4H2,1-2H3,(H2,14,17,18). The number of halogens is 2. The highest BCUT2D eigenvalue weighted by atomic mass is 32.2. The fourth-order valence-corrected chi connectivity index (χ4v) is 1.97. The summed E-state index contributed by atoms with van der Waals surface area (Å²) in [5, 5.41) is 4.84. The van der Waals surface area contributed by atoms with Crippen molar-refractivity contribution in [1.82, 2.24) is 4.90 Å². The number of sulfonamides is 1. The molecule has 0 radical (unpaired) electrons. The molecule has 2 N–H and O–H groups in total. The lowest BCUT2D eigenvalue weighted by atomic mass is 10.2. The third-order valence-corrected chi connectivity index (χ3v) is 3.43. The topological polar surface area (TPSA) is 89.7 Å². The average molecular weight is 308 g/mol. The summed E-state index contributed by atoms with van der Waals surface area (Å²) in [5.74, 6) is -3.75. The van der Waals surface area contributed by atoms with Gasteiger partial charge >= 0.3 is 0 Å². The van der Waals surface area contributed by atoms with E-state index in [1.165, 1.54) is 14.2 Å². The minimum Gasteiger partial charge on any atom is -0.383 e. The minimum atomic E-state index is -4.24. The number of hydrogen-bond donors (Lipinski definition) is 1. The van der Waals surface area contributed by atoms with Crippen LogP contribution in [0.3, 0.4) is 0 Å². The molecule has 0 fully saturated rings. The molecule has 0 bridgehead atoms. The van der Waals surface area contributed by atoms with Gasteiger partial charge in [0.2, 0.25) is 10.0 Å². The number of ether oxygens (including phenoxy) is 1. The van der Waals surface area contributed by atoms with Gasteiger partial charge in [0.1, 0.15) is 0 Å². The van der Waals surface area contributed by atoms with Gasteiger partial charge in [0.05, 0.1) is 17.1 Å². The number of primary sulfonamides is 1. The van der Waals surface area contributed by atoms with E-state index in [1.54, 1.807) is 0 Å². The quantitative estimate of drug-likeness (QED) is 0.849. The van der Waals surface area contributed by atoms with Gasteiger partial charge in [-0.3, -0.25) is 4.79 Å². The monoisotopic (exact) mass is 308 g/mol. The van der Waals surface area contributed by atoms with Crippen LogP contribution < -0.4 is 5.14 Å². The van der Waals surface area contributed by atoms with Crippen molar-refractivity contribution in [1.29, 1.82) is 0 Å². The van der Waals surface area contributed by atoms with E-state index in [9.17, 15) is 22.0 Å². The number of hydrogen-bond acceptors (Lipinski definition) is 4. The molecule has 0 aliphatic rings. The van der Waals surface area contributed by atoms with Crippen molar-refractivity contribution < 1.29 is 26.7 Å². The zero-order valence-corrected chi connectivity index (χ0v) is 11.7. The van der Waals surface area contributed by atoms with Crippen molar-refractivity contribution in [2.24, 2.45) is 5.14 Å². The van der Waals surface area contributed by atoms with Crippen LogP contribution in [0.5, 0.6) is 0 Å². The Morgan fingerprint density at radius 1 is 1.40 bits per heavy atom. The van der Waals surface area contributed by atoms with E-state index >= 15 is 0 Å². The zero-order valence-electron chi connectivity index (χ0n) is 10.9. The largest absolute Gasteiger partial charge is 0.383 e. The molecule has 6 nitrogen and oxygen atoms in total. The molecule has 0 aliphatic carbocycles. The first-order chi connectivity index (χ1) is 9.18. The average Bonchev–Trinajstić information content (AvgIpc) is 2.36. The van der Waals surface area contributed by atoms with Gasteiger partial charge in [0, 0.05) is 20.7 Å². The van der Waals surface area contributed by atoms with Crippen molar-refractivity contribution >= 4 is 15.9 Å². The zero-order chi connectivity index (χ0) is 15.5. The first kappa shape index (κ1) is 16.5. The predicted octanol–water partition coefficient (Wildman–Crippen LogP) is 0.331. The molecule has 0 atom stereocenters. The number of nitrogens with zero attached hydrogens (tertiary/aromatic N) is 1. The van der Waals surface area contributed by atoms with E-state index in [0.29, 0.717) is 12.1 Å². The maximum absolute atomic E-state index is 13.6. The van der Waals surface area contributed by atoms with Crippen LogP contribution in [-0.2, 0) is 14.8 Å². The normalized spacial score (nSPS) is 11.4. The fraction of sp³-hybridized carbons (Fsp3) is 0.364. The molecule has 1 rings (SSSR count). The summed E-state index contributed by atoms with van der Waals surface area (Å²) in [4.78, 5) is 12.3. The van der Waals surface area contributed by atoms with Crippen LogP contribution in [0.2, 0.25) is 0 Å². The van der Waals surface area contributed by atoms with Gasteiger partial charge in [-0.1, -0.05) is 0 Å². The Bertz CT molecular complexity index is 619. The molecule has 0 saturated carbocycles. The molecule has 0 heterocycles. The van der Waals surface area contributed by atoms with E-state index in [0.717, 1.165) is 4.90 Å². The first-order valence-corrected chi connectivity index (χ1v) is 6.99. The van der Waals surface area contributed by atoms with Gasteiger partial charge < -0.3 is 9.64 Å². The third-order valence-electron chi connectivity index (χ3n) is 2.54. The van der Waals surface area contributed by atoms with Crippen LogP contribution in [0, 0.1) is 11.6 Å². The molecule has 20 heavy (non-hydrogen) atoms. The van der Waals surface area contributed by atoms with E-state index in [4.69, 9.17) is 9.88 Å². The Morgan fingerprint density at radius 3 is 2.50 bits per heavy atom. The fourth-order valence-electron chi connectivity index (χ4n) is 1.42. The second kappa shape index (κ2) is 6.25. The molecule has 0 aliphatic heterocycles. The lowest BCUT2D eigenvalue weighted by molar-refractivity contribution is 0.0738. The Kier molecular flexibility index (Phi) is 5.15. The SMILES string of the molecule is COCCN(C)C(=O)c1cc(S(N)(=O)=O)cc(F)c1F. The summed E-state index contributed by atoms with van der Waals surface area (Å²) in [6.07, 6.45) is 0. The van der Waals surface area contributed by atoms with Gasteiger partial charge in [-0.2, -0.15) is 0 Å². The number of benzene rings is 1. The van der Waals surface area contributed by atoms with Crippen LogP contribution >= 0.6 is 0 Å². The van der Waals surface area contributed by atoms with E-state index in [-0.39, 0.29) is 13.2 Å². The van der Waals surface area contributed by atoms with Gasteiger partial charge in [-0.15, -0.1) is 0 Å². The van der Waals surface area contributed by atoms with E-state index < -0.39 is 38.0 Å². The van der Waals surface area contributed by atoms with E-state index in [1.807, 2.05) is 0 Å². The molecule has 0 saturated heterocycles. The number of amides is 1. The molecule has 0 spiro atoms. The van der Waals surface area contributed by atoms with E-state index in [2.05, 4.69) is 0 Å². The summed E-state index contributed by atoms with van der Waals surface area (Å²) in [5.41, 5.74) is -0.701. The molecule has 1 aromatic carbocycles. The lowest BCUT2D eigenvalue weighted by Gasteiger charge is -2.17. The lowest BCUT2D eigenvalue weighted by Crippen LogP contribution is -2.31. The maximum Gasteiger partial charge on any atom is 0.256 e. The molecule has 0 unspecified atom stereocenters. The highest BCUT2D eigenvalue weighted by Gasteiger charge is 2.23. The van der Waals surface area contributed by atoms with Gasteiger partial charge in [-0.05, 0) is 12.1 Å². The van der Waals surface area contributed by atoms with Crippen LogP contribution in [0.1, 0.15) is 10.4 Å². The highest BCUT2D eigenvalue weighted by molar-refractivity contribution is 7.89. The molecular weight excluding hydrogens is 294 g/mol. The predicted molar refractivity (Wildman–Crippen MR) is 66.6 cm³/mol. The molecular formula is C11H14F2N2O4S.